The summed E-state index contributed by atoms with van der Waals surface area (Å²) in [6.45, 7) is 6.02. The Morgan fingerprint density at radius 3 is 2.50 bits per heavy atom. The zero-order chi connectivity index (χ0) is 21.0. The van der Waals surface area contributed by atoms with E-state index in [-0.39, 0.29) is 35.6 Å². The van der Waals surface area contributed by atoms with Crippen molar-refractivity contribution < 1.29 is 18.8 Å². The van der Waals surface area contributed by atoms with E-state index in [1.807, 2.05) is 40.7 Å². The van der Waals surface area contributed by atoms with Crippen LogP contribution in [0.5, 0.6) is 0 Å². The third-order valence-corrected chi connectivity index (χ3v) is 7.28. The molecule has 5 heterocycles. The van der Waals surface area contributed by atoms with Crippen molar-refractivity contribution in [1.82, 2.24) is 14.7 Å². The van der Waals surface area contributed by atoms with E-state index >= 15 is 0 Å². The van der Waals surface area contributed by atoms with Crippen LogP contribution in [0.15, 0.2) is 22.6 Å². The SMILES string of the molecule is Cc1cc(C(=O)N2C[C@H]3C[C@@H](C2)[C@H](C(=O)N2CC=CC2)N2C(=O)CCC[C@@H]32)c(C)o1. The third kappa shape index (κ3) is 3.06. The van der Waals surface area contributed by atoms with Gasteiger partial charge in [0.15, 0.2) is 0 Å². The van der Waals surface area contributed by atoms with Gasteiger partial charge >= 0.3 is 0 Å². The van der Waals surface area contributed by atoms with Crippen molar-refractivity contribution in [3.8, 4) is 0 Å². The Morgan fingerprint density at radius 2 is 1.80 bits per heavy atom. The minimum atomic E-state index is -0.457. The minimum Gasteiger partial charge on any atom is -0.466 e. The number of hydrogen-bond acceptors (Lipinski definition) is 4. The molecule has 160 valence electrons. The van der Waals surface area contributed by atoms with Gasteiger partial charge in [0.05, 0.1) is 5.56 Å². The molecule has 4 aliphatic rings. The smallest absolute Gasteiger partial charge is 0.257 e. The summed E-state index contributed by atoms with van der Waals surface area (Å²) >= 11 is 0. The average molecular weight is 412 g/mol. The Morgan fingerprint density at radius 1 is 1.07 bits per heavy atom. The third-order valence-electron chi connectivity index (χ3n) is 7.28. The lowest BCUT2D eigenvalue weighted by Crippen LogP contribution is -2.68. The van der Waals surface area contributed by atoms with Crippen LogP contribution in [0.1, 0.15) is 47.6 Å². The van der Waals surface area contributed by atoms with Crippen LogP contribution in [-0.2, 0) is 9.59 Å². The monoisotopic (exact) mass is 411 g/mol. The highest BCUT2D eigenvalue weighted by atomic mass is 16.3. The van der Waals surface area contributed by atoms with Crippen molar-refractivity contribution in [3.63, 3.8) is 0 Å². The molecule has 1 aromatic heterocycles. The van der Waals surface area contributed by atoms with E-state index in [2.05, 4.69) is 0 Å². The summed E-state index contributed by atoms with van der Waals surface area (Å²) in [5.41, 5.74) is 0.607. The molecule has 5 rings (SSSR count). The predicted molar refractivity (Wildman–Crippen MR) is 110 cm³/mol. The summed E-state index contributed by atoms with van der Waals surface area (Å²) in [7, 11) is 0. The molecule has 4 atom stereocenters. The highest BCUT2D eigenvalue weighted by molar-refractivity contribution is 5.96. The van der Waals surface area contributed by atoms with Gasteiger partial charge in [-0.15, -0.1) is 0 Å². The van der Waals surface area contributed by atoms with E-state index in [9.17, 15) is 14.4 Å². The molecule has 30 heavy (non-hydrogen) atoms. The van der Waals surface area contributed by atoms with Gasteiger partial charge in [-0.05, 0) is 45.1 Å². The summed E-state index contributed by atoms with van der Waals surface area (Å²) in [6, 6.07) is 1.40. The zero-order valence-electron chi connectivity index (χ0n) is 17.7. The highest BCUT2D eigenvalue weighted by Gasteiger charge is 2.53. The molecule has 4 aliphatic heterocycles. The molecule has 7 nitrogen and oxygen atoms in total. The Balaban J connectivity index is 1.46. The van der Waals surface area contributed by atoms with Crippen molar-refractivity contribution >= 4 is 17.7 Å². The lowest BCUT2D eigenvalue weighted by atomic mass is 9.71. The first-order valence-electron chi connectivity index (χ1n) is 11.1. The van der Waals surface area contributed by atoms with Gasteiger partial charge in [-0.2, -0.15) is 0 Å². The predicted octanol–water partition coefficient (Wildman–Crippen LogP) is 2.14. The quantitative estimate of drug-likeness (QED) is 0.699. The summed E-state index contributed by atoms with van der Waals surface area (Å²) in [5.74, 6) is 1.69. The number of carbonyl (C=O) groups excluding carboxylic acids is 3. The van der Waals surface area contributed by atoms with Crippen molar-refractivity contribution in [2.75, 3.05) is 26.2 Å². The van der Waals surface area contributed by atoms with Crippen LogP contribution in [0.2, 0.25) is 0 Å². The minimum absolute atomic E-state index is 0.0209. The van der Waals surface area contributed by atoms with Gasteiger partial charge in [0.1, 0.15) is 17.6 Å². The Kier molecular flexibility index (Phi) is 4.71. The molecule has 7 heteroatoms. The maximum atomic E-state index is 13.5. The lowest BCUT2D eigenvalue weighted by molar-refractivity contribution is -0.163. The van der Waals surface area contributed by atoms with Crippen LogP contribution < -0.4 is 0 Å². The number of hydrogen-bond donors (Lipinski definition) is 0. The molecular weight excluding hydrogens is 382 g/mol. The fraction of sp³-hybridized carbons (Fsp3) is 0.609. The highest BCUT2D eigenvalue weighted by Crippen LogP contribution is 2.42. The van der Waals surface area contributed by atoms with Gasteiger partial charge in [0.2, 0.25) is 11.8 Å². The molecular formula is C23H29N3O4. The molecule has 0 aliphatic carbocycles. The molecule has 0 aromatic carbocycles. The molecule has 2 bridgehead atoms. The van der Waals surface area contributed by atoms with E-state index in [0.29, 0.717) is 43.9 Å². The van der Waals surface area contributed by atoms with Gasteiger partial charge in [-0.25, -0.2) is 0 Å². The molecule has 0 N–H and O–H groups in total. The topological polar surface area (TPSA) is 74.1 Å². The molecule has 0 unspecified atom stereocenters. The number of piperidine rings is 3. The van der Waals surface area contributed by atoms with Gasteiger partial charge in [0, 0.05) is 44.6 Å². The number of carbonyl (C=O) groups is 3. The van der Waals surface area contributed by atoms with E-state index in [1.165, 1.54) is 0 Å². The molecule has 3 saturated heterocycles. The molecule has 0 spiro atoms. The Hall–Kier alpha value is -2.57. The van der Waals surface area contributed by atoms with Gasteiger partial charge in [-0.1, -0.05) is 12.2 Å². The van der Waals surface area contributed by atoms with E-state index in [4.69, 9.17) is 4.42 Å². The maximum Gasteiger partial charge on any atom is 0.257 e. The number of likely N-dealkylation sites (tertiary alicyclic amines) is 1. The number of furan rings is 1. The van der Waals surface area contributed by atoms with Crippen molar-refractivity contribution in [3.05, 3.63) is 35.3 Å². The van der Waals surface area contributed by atoms with Crippen LogP contribution in [0.25, 0.3) is 0 Å². The molecule has 3 amide bonds. The second-order valence-corrected chi connectivity index (χ2v) is 9.21. The normalized spacial score (nSPS) is 30.6. The molecule has 0 saturated carbocycles. The fourth-order valence-electron chi connectivity index (χ4n) is 6.00. The largest absolute Gasteiger partial charge is 0.466 e. The second-order valence-electron chi connectivity index (χ2n) is 9.21. The first kappa shape index (κ1) is 19.4. The first-order valence-corrected chi connectivity index (χ1v) is 11.1. The number of amides is 3. The van der Waals surface area contributed by atoms with Crippen LogP contribution >= 0.6 is 0 Å². The zero-order valence-corrected chi connectivity index (χ0v) is 17.7. The van der Waals surface area contributed by atoms with Crippen LogP contribution in [0.4, 0.5) is 0 Å². The van der Waals surface area contributed by atoms with Crippen LogP contribution in [0.3, 0.4) is 0 Å². The van der Waals surface area contributed by atoms with Gasteiger partial charge in [0.25, 0.3) is 5.91 Å². The number of nitrogens with zero attached hydrogens (tertiary/aromatic N) is 3. The van der Waals surface area contributed by atoms with Crippen LogP contribution in [0, 0.1) is 25.7 Å². The summed E-state index contributed by atoms with van der Waals surface area (Å²) in [5, 5.41) is 0. The number of rotatable bonds is 2. The first-order chi connectivity index (χ1) is 14.4. The number of aryl methyl sites for hydroxylation is 2. The standard InChI is InChI=1S/C23H29N3O4/c1-14-10-18(15(2)30-14)22(28)25-12-16-11-17(13-25)21(23(29)24-8-3-4-9-24)26-19(16)6-5-7-20(26)27/h3-4,10,16-17,19,21H,5-9,11-13H2,1-2H3/t16-,17+,19+,21-/m1/s1. The fourth-order valence-corrected chi connectivity index (χ4v) is 6.00. The summed E-state index contributed by atoms with van der Waals surface area (Å²) < 4.78 is 5.58. The molecule has 3 fully saturated rings. The van der Waals surface area contributed by atoms with E-state index in [1.54, 1.807) is 6.07 Å². The summed E-state index contributed by atoms with van der Waals surface area (Å²) in [6.07, 6.45) is 7.20. The summed E-state index contributed by atoms with van der Waals surface area (Å²) in [4.78, 5) is 45.3. The van der Waals surface area contributed by atoms with Crippen molar-refractivity contribution in [2.24, 2.45) is 11.8 Å². The van der Waals surface area contributed by atoms with E-state index in [0.717, 1.165) is 25.0 Å². The molecule has 1 aromatic rings. The van der Waals surface area contributed by atoms with Crippen molar-refractivity contribution in [1.29, 1.82) is 0 Å². The number of fused-ring (bicyclic) bond motifs is 4. The molecule has 0 radical (unpaired) electrons. The maximum absolute atomic E-state index is 13.5. The lowest BCUT2D eigenvalue weighted by Gasteiger charge is -2.56. The van der Waals surface area contributed by atoms with Crippen LogP contribution in [-0.4, -0.2) is 70.7 Å². The van der Waals surface area contributed by atoms with Gasteiger partial charge in [-0.3, -0.25) is 14.4 Å². The van der Waals surface area contributed by atoms with E-state index < -0.39 is 6.04 Å². The second kappa shape index (κ2) is 7.29. The van der Waals surface area contributed by atoms with Crippen molar-refractivity contribution in [2.45, 2.75) is 51.6 Å². The average Bonchev–Trinajstić information content (AvgIpc) is 3.37. The Bertz CT molecular complexity index is 912. The Labute approximate surface area is 176 Å². The van der Waals surface area contributed by atoms with Gasteiger partial charge < -0.3 is 19.1 Å².